The standard InChI is InChI=1S/C39H24N2.C5H8/c1-3-10-26(11-4-1)39-40-35-24-27(20-23-36(35)41(39)28-14-5-2-6-15-28)29-21-22-34-32-17-8-13-25-12-7-16-31(37(25)32)33-19-9-18-30(29)38(33)34;1-3-5-4-2/h1-24H;3-5H,1H2,2H3/b;5-4-. The maximum Gasteiger partial charge on any atom is 0.145 e. The first-order valence-electron chi connectivity index (χ1n) is 15.7. The summed E-state index contributed by atoms with van der Waals surface area (Å²) >= 11 is 0. The van der Waals surface area contributed by atoms with E-state index in [0.717, 1.165) is 28.1 Å². The number of allylic oxidation sites excluding steroid dienone is 3. The minimum absolute atomic E-state index is 0.950. The van der Waals surface area contributed by atoms with E-state index in [2.05, 4.69) is 151 Å². The Bertz CT molecular complexity index is 2490. The van der Waals surface area contributed by atoms with Crippen molar-refractivity contribution in [1.29, 1.82) is 0 Å². The summed E-state index contributed by atoms with van der Waals surface area (Å²) in [7, 11) is 0. The first-order chi connectivity index (χ1) is 22.8. The second-order valence-electron chi connectivity index (χ2n) is 11.5. The van der Waals surface area contributed by atoms with Gasteiger partial charge < -0.3 is 0 Å². The zero-order chi connectivity index (χ0) is 31.0. The van der Waals surface area contributed by atoms with Crippen LogP contribution in [0.2, 0.25) is 0 Å². The number of nitrogens with zero attached hydrogens (tertiary/aromatic N) is 2. The molecule has 2 heteroatoms. The van der Waals surface area contributed by atoms with Crippen LogP contribution in [0.5, 0.6) is 0 Å². The van der Waals surface area contributed by atoms with Crippen molar-refractivity contribution in [3.8, 4) is 28.2 Å². The summed E-state index contributed by atoms with van der Waals surface area (Å²) in [6.07, 6.45) is 5.58. The molecule has 0 amide bonds. The van der Waals surface area contributed by atoms with Gasteiger partial charge in [0.25, 0.3) is 0 Å². The van der Waals surface area contributed by atoms with Crippen molar-refractivity contribution in [2.75, 3.05) is 0 Å². The minimum atomic E-state index is 0.950. The summed E-state index contributed by atoms with van der Waals surface area (Å²) in [6.45, 7) is 5.42. The molecule has 0 aliphatic rings. The quantitative estimate of drug-likeness (QED) is 0.114. The van der Waals surface area contributed by atoms with Crippen molar-refractivity contribution in [2.45, 2.75) is 6.92 Å². The number of hydrogen-bond donors (Lipinski definition) is 0. The van der Waals surface area contributed by atoms with E-state index in [1.54, 1.807) is 6.08 Å². The Morgan fingerprint density at radius 3 is 1.87 bits per heavy atom. The SMILES string of the molecule is C=C/C=C\C.c1ccc(-c2nc3cc(-c4ccc5c6cccc7cccc(c8cccc4c85)c76)ccc3n2-c2ccccc2)cc1. The lowest BCUT2D eigenvalue weighted by molar-refractivity contribution is 1.10. The van der Waals surface area contributed by atoms with E-state index in [-0.39, 0.29) is 0 Å². The highest BCUT2D eigenvalue weighted by Gasteiger charge is 2.18. The molecule has 0 spiro atoms. The number of rotatable bonds is 4. The van der Waals surface area contributed by atoms with Crippen LogP contribution >= 0.6 is 0 Å². The normalized spacial score (nSPS) is 11.6. The predicted molar refractivity (Wildman–Crippen MR) is 198 cm³/mol. The van der Waals surface area contributed by atoms with E-state index in [0.29, 0.717) is 0 Å². The molecule has 0 unspecified atom stereocenters. The Kier molecular flexibility index (Phi) is 6.89. The van der Waals surface area contributed by atoms with Gasteiger partial charge in [0.2, 0.25) is 0 Å². The van der Waals surface area contributed by atoms with Crippen molar-refractivity contribution in [2.24, 2.45) is 0 Å². The lowest BCUT2D eigenvalue weighted by Gasteiger charge is -2.16. The van der Waals surface area contributed by atoms with Gasteiger partial charge in [-0.05, 0) is 85.4 Å². The van der Waals surface area contributed by atoms with E-state index >= 15 is 0 Å². The molecule has 0 saturated carbocycles. The fraction of sp³-hybridized carbons (Fsp3) is 0.0227. The molecule has 0 aliphatic heterocycles. The van der Waals surface area contributed by atoms with Gasteiger partial charge in [-0.1, -0.05) is 146 Å². The molecule has 0 bridgehead atoms. The molecule has 9 rings (SSSR count). The topological polar surface area (TPSA) is 17.8 Å². The number of imidazole rings is 1. The maximum atomic E-state index is 5.21. The molecule has 8 aromatic carbocycles. The van der Waals surface area contributed by atoms with Crippen LogP contribution in [0.4, 0.5) is 0 Å². The fourth-order valence-corrected chi connectivity index (χ4v) is 6.90. The van der Waals surface area contributed by atoms with E-state index in [1.165, 1.54) is 54.2 Å². The van der Waals surface area contributed by atoms with Gasteiger partial charge in [-0.3, -0.25) is 4.57 Å². The summed E-state index contributed by atoms with van der Waals surface area (Å²) in [5.41, 5.74) is 6.70. The first-order valence-corrected chi connectivity index (χ1v) is 15.7. The second kappa shape index (κ2) is 11.5. The predicted octanol–water partition coefficient (Wildman–Crippen LogP) is 12.2. The third kappa shape index (κ3) is 4.46. The number of benzene rings is 8. The summed E-state index contributed by atoms with van der Waals surface area (Å²) in [5, 5.41) is 10.5. The third-order valence-corrected chi connectivity index (χ3v) is 8.87. The molecule has 0 fully saturated rings. The molecule has 9 aromatic rings. The van der Waals surface area contributed by atoms with Crippen LogP contribution in [0.1, 0.15) is 6.92 Å². The molecule has 0 N–H and O–H groups in total. The smallest absolute Gasteiger partial charge is 0.145 e. The molecular formula is C44H32N2. The average molecular weight is 589 g/mol. The molecule has 0 saturated heterocycles. The van der Waals surface area contributed by atoms with Gasteiger partial charge in [-0.15, -0.1) is 0 Å². The Balaban J connectivity index is 0.000000583. The first kappa shape index (κ1) is 27.6. The van der Waals surface area contributed by atoms with Gasteiger partial charge in [0.15, 0.2) is 0 Å². The molecular weight excluding hydrogens is 556 g/mol. The van der Waals surface area contributed by atoms with Gasteiger partial charge >= 0.3 is 0 Å². The van der Waals surface area contributed by atoms with Crippen molar-refractivity contribution in [1.82, 2.24) is 9.55 Å². The van der Waals surface area contributed by atoms with Crippen LogP contribution in [0, 0.1) is 0 Å². The van der Waals surface area contributed by atoms with Gasteiger partial charge in [-0.25, -0.2) is 4.98 Å². The summed E-state index contributed by atoms with van der Waals surface area (Å²) in [4.78, 5) is 5.21. The molecule has 0 radical (unpaired) electrons. The van der Waals surface area contributed by atoms with E-state index in [4.69, 9.17) is 4.98 Å². The second-order valence-corrected chi connectivity index (χ2v) is 11.5. The van der Waals surface area contributed by atoms with Crippen LogP contribution in [-0.2, 0) is 0 Å². The van der Waals surface area contributed by atoms with Crippen molar-refractivity contribution in [3.63, 3.8) is 0 Å². The van der Waals surface area contributed by atoms with Crippen LogP contribution in [-0.4, -0.2) is 9.55 Å². The highest BCUT2D eigenvalue weighted by atomic mass is 15.1. The van der Waals surface area contributed by atoms with Crippen LogP contribution in [0.25, 0.3) is 82.3 Å². The Morgan fingerprint density at radius 2 is 1.20 bits per heavy atom. The van der Waals surface area contributed by atoms with Gasteiger partial charge in [0.1, 0.15) is 5.82 Å². The van der Waals surface area contributed by atoms with Gasteiger partial charge in [-0.2, -0.15) is 0 Å². The minimum Gasteiger partial charge on any atom is -0.292 e. The lowest BCUT2D eigenvalue weighted by Crippen LogP contribution is -1.97. The Hall–Kier alpha value is -5.99. The number of para-hydroxylation sites is 1. The summed E-state index contributed by atoms with van der Waals surface area (Å²) in [5.74, 6) is 0.950. The van der Waals surface area contributed by atoms with Crippen molar-refractivity contribution in [3.05, 3.63) is 170 Å². The summed E-state index contributed by atoms with van der Waals surface area (Å²) in [6, 6.07) is 52.4. The highest BCUT2D eigenvalue weighted by Crippen LogP contribution is 2.43. The average Bonchev–Trinajstić information content (AvgIpc) is 3.51. The van der Waals surface area contributed by atoms with Crippen LogP contribution < -0.4 is 0 Å². The van der Waals surface area contributed by atoms with Gasteiger partial charge in [0, 0.05) is 11.3 Å². The number of fused-ring (bicyclic) bond motifs is 3. The molecule has 1 aromatic heterocycles. The zero-order valence-corrected chi connectivity index (χ0v) is 25.7. The molecule has 0 atom stereocenters. The molecule has 46 heavy (non-hydrogen) atoms. The fourth-order valence-electron chi connectivity index (χ4n) is 6.90. The Morgan fingerprint density at radius 1 is 0.565 bits per heavy atom. The highest BCUT2D eigenvalue weighted by molar-refractivity contribution is 6.34. The number of aromatic nitrogens is 2. The third-order valence-electron chi connectivity index (χ3n) is 8.87. The van der Waals surface area contributed by atoms with E-state index in [1.807, 2.05) is 25.1 Å². The van der Waals surface area contributed by atoms with Crippen LogP contribution in [0.3, 0.4) is 0 Å². The molecule has 0 aliphatic carbocycles. The monoisotopic (exact) mass is 588 g/mol. The van der Waals surface area contributed by atoms with E-state index < -0.39 is 0 Å². The molecule has 2 nitrogen and oxygen atoms in total. The van der Waals surface area contributed by atoms with Crippen LogP contribution in [0.15, 0.2) is 170 Å². The maximum absolute atomic E-state index is 5.21. The number of hydrogen-bond acceptors (Lipinski definition) is 1. The zero-order valence-electron chi connectivity index (χ0n) is 25.7. The van der Waals surface area contributed by atoms with E-state index in [9.17, 15) is 0 Å². The lowest BCUT2D eigenvalue weighted by atomic mass is 9.87. The van der Waals surface area contributed by atoms with Crippen molar-refractivity contribution < 1.29 is 0 Å². The van der Waals surface area contributed by atoms with Gasteiger partial charge in [0.05, 0.1) is 11.0 Å². The van der Waals surface area contributed by atoms with Crippen molar-refractivity contribution >= 4 is 54.1 Å². The summed E-state index contributed by atoms with van der Waals surface area (Å²) < 4.78 is 2.27. The largest absolute Gasteiger partial charge is 0.292 e. The molecule has 218 valence electrons. The molecule has 1 heterocycles. The Labute approximate surface area is 268 Å².